The van der Waals surface area contributed by atoms with E-state index in [1.165, 1.54) is 35.5 Å². The molecule has 1 aliphatic heterocycles. The molecule has 0 saturated heterocycles. The van der Waals surface area contributed by atoms with Crippen LogP contribution in [0.15, 0.2) is 29.8 Å². The standard InChI is InChI=1S/C24H24O10/c1-28-16-6-11(7-17(29-2)22(16)30-3)18-12-8-14-15(34-10-33-14)9-13(12)21(25)20(24(27)32-5)19(18)23(26)31-4/h6-9,20-21,25H,10H2,1-5H3/t20-,21-/m0/s1. The third kappa shape index (κ3) is 3.56. The van der Waals surface area contributed by atoms with Gasteiger partial charge in [-0.15, -0.1) is 0 Å². The van der Waals surface area contributed by atoms with E-state index in [0.29, 0.717) is 51.0 Å². The highest BCUT2D eigenvalue weighted by atomic mass is 16.7. The van der Waals surface area contributed by atoms with Gasteiger partial charge in [0.15, 0.2) is 23.0 Å². The fourth-order valence-corrected chi connectivity index (χ4v) is 4.31. The van der Waals surface area contributed by atoms with Gasteiger partial charge in [-0.1, -0.05) is 0 Å². The van der Waals surface area contributed by atoms with Crippen molar-refractivity contribution < 1.29 is 47.9 Å². The number of aliphatic hydroxyl groups excluding tert-OH is 1. The Hall–Kier alpha value is -3.92. The van der Waals surface area contributed by atoms with E-state index in [9.17, 15) is 14.7 Å². The summed E-state index contributed by atoms with van der Waals surface area (Å²) in [5, 5.41) is 11.2. The number of hydrogen-bond donors (Lipinski definition) is 1. The highest BCUT2D eigenvalue weighted by Crippen LogP contribution is 2.51. The summed E-state index contributed by atoms with van der Waals surface area (Å²) in [7, 11) is 6.77. The van der Waals surface area contributed by atoms with Crippen molar-refractivity contribution in [2.45, 2.75) is 6.10 Å². The monoisotopic (exact) mass is 472 g/mol. The van der Waals surface area contributed by atoms with Gasteiger partial charge in [-0.3, -0.25) is 4.79 Å². The molecular weight excluding hydrogens is 448 g/mol. The molecule has 1 N–H and O–H groups in total. The van der Waals surface area contributed by atoms with E-state index in [2.05, 4.69) is 0 Å². The SMILES string of the molecule is COC(=O)C1=C(c2cc(OC)c(OC)c(OC)c2)c2cc3c(cc2[C@H](O)[C@H]1C(=O)OC)OCO3. The smallest absolute Gasteiger partial charge is 0.335 e. The molecule has 4 rings (SSSR count). The Kier molecular flexibility index (Phi) is 6.25. The van der Waals surface area contributed by atoms with Crippen LogP contribution < -0.4 is 23.7 Å². The summed E-state index contributed by atoms with van der Waals surface area (Å²) in [4.78, 5) is 25.9. The summed E-state index contributed by atoms with van der Waals surface area (Å²) >= 11 is 0. The van der Waals surface area contributed by atoms with Gasteiger partial charge in [-0.2, -0.15) is 0 Å². The molecule has 1 aliphatic carbocycles. The van der Waals surface area contributed by atoms with Crippen molar-refractivity contribution >= 4 is 17.5 Å². The zero-order chi connectivity index (χ0) is 24.6. The molecule has 0 radical (unpaired) electrons. The summed E-state index contributed by atoms with van der Waals surface area (Å²) in [6.45, 7) is 0.00183. The summed E-state index contributed by atoms with van der Waals surface area (Å²) in [6, 6.07) is 6.51. The number of methoxy groups -OCH3 is 5. The summed E-state index contributed by atoms with van der Waals surface area (Å²) in [5.74, 6) is -1.13. The molecule has 1 heterocycles. The van der Waals surface area contributed by atoms with Crippen LogP contribution >= 0.6 is 0 Å². The third-order valence-electron chi connectivity index (χ3n) is 5.84. The van der Waals surface area contributed by atoms with Gasteiger partial charge in [-0.05, 0) is 41.0 Å². The van der Waals surface area contributed by atoms with Crippen LogP contribution in [-0.2, 0) is 19.1 Å². The number of esters is 2. The Labute approximate surface area is 195 Å². The second-order valence-corrected chi connectivity index (χ2v) is 7.43. The largest absolute Gasteiger partial charge is 0.493 e. The van der Waals surface area contributed by atoms with E-state index in [0.717, 1.165) is 0 Å². The molecule has 10 nitrogen and oxygen atoms in total. The Morgan fingerprint density at radius 1 is 0.882 bits per heavy atom. The number of ether oxygens (including phenoxy) is 7. The average Bonchev–Trinajstić information content (AvgIpc) is 3.33. The van der Waals surface area contributed by atoms with Crippen LogP contribution in [0.5, 0.6) is 28.7 Å². The van der Waals surface area contributed by atoms with Gasteiger partial charge >= 0.3 is 11.9 Å². The molecule has 10 heteroatoms. The topological polar surface area (TPSA) is 119 Å². The first-order chi connectivity index (χ1) is 16.4. The predicted molar refractivity (Wildman–Crippen MR) is 117 cm³/mol. The van der Waals surface area contributed by atoms with Crippen molar-refractivity contribution in [1.29, 1.82) is 0 Å². The molecule has 0 unspecified atom stereocenters. The number of fused-ring (bicyclic) bond motifs is 2. The minimum absolute atomic E-state index is 0.00183. The maximum atomic E-state index is 13.1. The van der Waals surface area contributed by atoms with Crippen molar-refractivity contribution in [2.75, 3.05) is 42.3 Å². The number of aliphatic hydroxyl groups is 1. The molecule has 2 aliphatic rings. The molecule has 0 amide bonds. The molecule has 0 bridgehead atoms. The van der Waals surface area contributed by atoms with Gasteiger partial charge in [0.25, 0.3) is 0 Å². The molecule has 0 saturated carbocycles. The van der Waals surface area contributed by atoms with Crippen molar-refractivity contribution in [1.82, 2.24) is 0 Å². The molecule has 180 valence electrons. The lowest BCUT2D eigenvalue weighted by molar-refractivity contribution is -0.151. The molecule has 0 aromatic heterocycles. The van der Waals surface area contributed by atoms with Gasteiger partial charge in [-0.25, -0.2) is 4.79 Å². The summed E-state index contributed by atoms with van der Waals surface area (Å²) in [5.41, 5.74) is 1.50. The van der Waals surface area contributed by atoms with E-state index >= 15 is 0 Å². The van der Waals surface area contributed by atoms with Crippen molar-refractivity contribution in [3.05, 3.63) is 46.5 Å². The van der Waals surface area contributed by atoms with Crippen LogP contribution in [0.4, 0.5) is 0 Å². The zero-order valence-corrected chi connectivity index (χ0v) is 19.3. The van der Waals surface area contributed by atoms with Crippen molar-refractivity contribution in [2.24, 2.45) is 5.92 Å². The number of carbonyl (C=O) groups is 2. The van der Waals surface area contributed by atoms with Crippen molar-refractivity contribution in [3.8, 4) is 28.7 Å². The van der Waals surface area contributed by atoms with Crippen LogP contribution in [0, 0.1) is 5.92 Å². The lowest BCUT2D eigenvalue weighted by Crippen LogP contribution is -2.34. The number of hydrogen-bond acceptors (Lipinski definition) is 10. The van der Waals surface area contributed by atoms with Gasteiger partial charge < -0.3 is 38.3 Å². The van der Waals surface area contributed by atoms with E-state index in [-0.39, 0.29) is 12.4 Å². The molecule has 34 heavy (non-hydrogen) atoms. The van der Waals surface area contributed by atoms with E-state index in [1.54, 1.807) is 24.3 Å². The Balaban J connectivity index is 2.11. The fraction of sp³-hybridized carbons (Fsp3) is 0.333. The van der Waals surface area contributed by atoms with Gasteiger partial charge in [0.2, 0.25) is 12.5 Å². The quantitative estimate of drug-likeness (QED) is 0.627. The first-order valence-electron chi connectivity index (χ1n) is 10.2. The van der Waals surface area contributed by atoms with Crippen LogP contribution in [0.3, 0.4) is 0 Å². The molecule has 0 spiro atoms. The van der Waals surface area contributed by atoms with E-state index in [4.69, 9.17) is 33.2 Å². The van der Waals surface area contributed by atoms with Crippen LogP contribution in [-0.4, -0.2) is 59.4 Å². The van der Waals surface area contributed by atoms with E-state index in [1.807, 2.05) is 0 Å². The predicted octanol–water partition coefficient (Wildman–Crippen LogP) is 2.25. The summed E-state index contributed by atoms with van der Waals surface area (Å²) < 4.78 is 37.3. The maximum Gasteiger partial charge on any atom is 0.335 e. The molecular formula is C24H24O10. The molecule has 2 aromatic carbocycles. The first kappa shape index (κ1) is 23.2. The average molecular weight is 472 g/mol. The Morgan fingerprint density at radius 3 is 2.03 bits per heavy atom. The highest BCUT2D eigenvalue weighted by Gasteiger charge is 2.45. The maximum absolute atomic E-state index is 13.1. The number of rotatable bonds is 6. The Bertz CT molecular complexity index is 1160. The first-order valence-corrected chi connectivity index (χ1v) is 10.2. The molecule has 2 atom stereocenters. The van der Waals surface area contributed by atoms with Gasteiger partial charge in [0, 0.05) is 5.57 Å². The minimum atomic E-state index is -1.41. The lowest BCUT2D eigenvalue weighted by Gasteiger charge is -2.32. The minimum Gasteiger partial charge on any atom is -0.493 e. The Morgan fingerprint density at radius 2 is 1.50 bits per heavy atom. The number of carbonyl (C=O) groups excluding carboxylic acids is 2. The van der Waals surface area contributed by atoms with Crippen LogP contribution in [0.2, 0.25) is 0 Å². The lowest BCUT2D eigenvalue weighted by atomic mass is 9.74. The highest BCUT2D eigenvalue weighted by molar-refractivity contribution is 6.08. The normalized spacial score (nSPS) is 18.2. The van der Waals surface area contributed by atoms with Gasteiger partial charge in [0.05, 0.1) is 47.2 Å². The van der Waals surface area contributed by atoms with Crippen molar-refractivity contribution in [3.63, 3.8) is 0 Å². The van der Waals surface area contributed by atoms with Crippen LogP contribution in [0.25, 0.3) is 5.57 Å². The fourth-order valence-electron chi connectivity index (χ4n) is 4.31. The zero-order valence-electron chi connectivity index (χ0n) is 19.3. The van der Waals surface area contributed by atoms with E-state index < -0.39 is 24.0 Å². The molecule has 0 fully saturated rings. The second-order valence-electron chi connectivity index (χ2n) is 7.43. The van der Waals surface area contributed by atoms with Crippen LogP contribution in [0.1, 0.15) is 22.8 Å². The van der Waals surface area contributed by atoms with Gasteiger partial charge in [0.1, 0.15) is 5.92 Å². The third-order valence-corrected chi connectivity index (χ3v) is 5.84. The summed E-state index contributed by atoms with van der Waals surface area (Å²) in [6.07, 6.45) is -1.41. The molecule has 2 aromatic rings. The second kappa shape index (κ2) is 9.14. The number of benzene rings is 2.